The predicted molar refractivity (Wildman–Crippen MR) is 95.7 cm³/mol. The average Bonchev–Trinajstić information content (AvgIpc) is 2.67. The van der Waals surface area contributed by atoms with E-state index in [-0.39, 0.29) is 5.78 Å². The van der Waals surface area contributed by atoms with E-state index in [0.29, 0.717) is 22.3 Å². The monoisotopic (exact) mass is 352 g/mol. The smallest absolute Gasteiger partial charge is 0.289 e. The topological polar surface area (TPSA) is 17.1 Å². The highest BCUT2D eigenvalue weighted by molar-refractivity contribution is 6.10. The normalized spacial score (nSPS) is 12.0. The highest BCUT2D eigenvalue weighted by atomic mass is 19.4. The summed E-state index contributed by atoms with van der Waals surface area (Å²) in [5.41, 5.74) is 1.20. The molecule has 0 spiro atoms. The van der Waals surface area contributed by atoms with Crippen molar-refractivity contribution in [3.63, 3.8) is 0 Å². The molecule has 130 valence electrons. The second-order valence-electron chi connectivity index (χ2n) is 5.73. The maximum absolute atomic E-state index is 13.1. The van der Waals surface area contributed by atoms with Crippen molar-refractivity contribution in [2.75, 3.05) is 0 Å². The summed E-state index contributed by atoms with van der Waals surface area (Å²) in [6.45, 7) is 0. The van der Waals surface area contributed by atoms with Gasteiger partial charge in [-0.25, -0.2) is 0 Å². The first kappa shape index (κ1) is 17.7. The Balaban J connectivity index is 2.11. The van der Waals surface area contributed by atoms with Gasteiger partial charge >= 0.3 is 6.18 Å². The third-order valence-electron chi connectivity index (χ3n) is 3.92. The molecule has 3 aromatic carbocycles. The Morgan fingerprint density at radius 1 is 0.692 bits per heavy atom. The number of carbonyl (C=O) groups is 1. The lowest BCUT2D eigenvalue weighted by Gasteiger charge is -2.12. The van der Waals surface area contributed by atoms with Crippen LogP contribution in [0.4, 0.5) is 13.2 Å². The molecular formula is C22H15F3O. The van der Waals surface area contributed by atoms with Gasteiger partial charge in [-0.2, -0.15) is 13.2 Å². The molecule has 3 aromatic rings. The first-order valence-corrected chi connectivity index (χ1v) is 7.99. The summed E-state index contributed by atoms with van der Waals surface area (Å²) in [6, 6.07) is 22.6. The number of benzene rings is 3. The lowest BCUT2D eigenvalue weighted by Crippen LogP contribution is -2.05. The fourth-order valence-corrected chi connectivity index (χ4v) is 2.63. The van der Waals surface area contributed by atoms with Crippen LogP contribution in [-0.4, -0.2) is 5.78 Å². The average molecular weight is 352 g/mol. The summed E-state index contributed by atoms with van der Waals surface area (Å²) in [5.74, 6) is -0.262. The minimum absolute atomic E-state index is 0.262. The minimum atomic E-state index is -4.44. The van der Waals surface area contributed by atoms with E-state index in [4.69, 9.17) is 0 Å². The third-order valence-corrected chi connectivity index (χ3v) is 3.92. The van der Waals surface area contributed by atoms with Crippen molar-refractivity contribution in [1.82, 2.24) is 0 Å². The highest BCUT2D eigenvalue weighted by Crippen LogP contribution is 2.32. The first-order valence-electron chi connectivity index (χ1n) is 7.99. The summed E-state index contributed by atoms with van der Waals surface area (Å²) in [5, 5.41) is 0. The molecule has 0 saturated carbocycles. The van der Waals surface area contributed by atoms with E-state index in [1.165, 1.54) is 12.1 Å². The summed E-state index contributed by atoms with van der Waals surface area (Å²) < 4.78 is 39.2. The number of rotatable bonds is 4. The van der Waals surface area contributed by atoms with Gasteiger partial charge in [0.05, 0.1) is 5.56 Å². The number of ketones is 1. The van der Waals surface area contributed by atoms with Crippen molar-refractivity contribution in [3.05, 3.63) is 113 Å². The molecular weight excluding hydrogens is 337 g/mol. The molecule has 0 aliphatic heterocycles. The van der Waals surface area contributed by atoms with Crippen LogP contribution in [0.25, 0.3) is 5.57 Å². The second kappa shape index (κ2) is 7.40. The summed E-state index contributed by atoms with van der Waals surface area (Å²) in [6.07, 6.45) is -3.05. The van der Waals surface area contributed by atoms with Gasteiger partial charge in [-0.1, -0.05) is 72.8 Å². The van der Waals surface area contributed by atoms with Crippen molar-refractivity contribution in [2.45, 2.75) is 6.18 Å². The molecule has 0 amide bonds. The number of halogens is 3. The molecule has 0 bridgehead atoms. The maximum atomic E-state index is 13.1. The van der Waals surface area contributed by atoms with Gasteiger partial charge in [-0.05, 0) is 34.9 Å². The molecule has 0 heterocycles. The second-order valence-corrected chi connectivity index (χ2v) is 5.73. The van der Waals surface area contributed by atoms with Crippen LogP contribution in [0.15, 0.2) is 91.0 Å². The Kier molecular flexibility index (Phi) is 5.03. The molecule has 0 aliphatic rings. The molecule has 26 heavy (non-hydrogen) atoms. The van der Waals surface area contributed by atoms with Crippen molar-refractivity contribution < 1.29 is 18.0 Å². The quantitative estimate of drug-likeness (QED) is 0.414. The zero-order valence-electron chi connectivity index (χ0n) is 13.7. The van der Waals surface area contributed by atoms with Gasteiger partial charge in [0.25, 0.3) is 0 Å². The molecule has 4 heteroatoms. The molecule has 0 aromatic heterocycles. The van der Waals surface area contributed by atoms with E-state index < -0.39 is 11.7 Å². The van der Waals surface area contributed by atoms with Gasteiger partial charge < -0.3 is 0 Å². The first-order chi connectivity index (χ1) is 12.4. The largest absolute Gasteiger partial charge is 0.416 e. The van der Waals surface area contributed by atoms with Crippen LogP contribution in [-0.2, 0) is 6.18 Å². The van der Waals surface area contributed by atoms with Crippen LogP contribution in [0.3, 0.4) is 0 Å². The fraction of sp³-hybridized carbons (Fsp3) is 0.0455. The molecule has 0 fully saturated rings. The van der Waals surface area contributed by atoms with Crippen molar-refractivity contribution in [2.24, 2.45) is 0 Å². The molecule has 0 radical (unpaired) electrons. The molecule has 0 N–H and O–H groups in total. The van der Waals surface area contributed by atoms with E-state index in [1.807, 2.05) is 6.07 Å². The van der Waals surface area contributed by atoms with E-state index in [2.05, 4.69) is 0 Å². The van der Waals surface area contributed by atoms with Crippen LogP contribution in [0.5, 0.6) is 0 Å². The number of hydrogen-bond donors (Lipinski definition) is 0. The number of hydrogen-bond acceptors (Lipinski definition) is 1. The van der Waals surface area contributed by atoms with Gasteiger partial charge in [-0.3, -0.25) is 4.79 Å². The van der Waals surface area contributed by atoms with E-state index in [0.717, 1.165) is 12.1 Å². The standard InChI is InChI=1S/C22H15F3O/c23-22(24,25)19-13-7-12-18(14-19)20(16-8-3-1-4-9-16)15-21(26)17-10-5-2-6-11-17/h1-15H. The molecule has 3 rings (SSSR count). The van der Waals surface area contributed by atoms with E-state index >= 15 is 0 Å². The third kappa shape index (κ3) is 4.09. The number of allylic oxidation sites excluding steroid dienone is 1. The molecule has 0 atom stereocenters. The van der Waals surface area contributed by atoms with Crippen molar-refractivity contribution in [3.8, 4) is 0 Å². The maximum Gasteiger partial charge on any atom is 0.416 e. The molecule has 1 nitrogen and oxygen atoms in total. The van der Waals surface area contributed by atoms with Crippen LogP contribution in [0, 0.1) is 0 Å². The number of alkyl halides is 3. The zero-order valence-corrected chi connectivity index (χ0v) is 13.7. The van der Waals surface area contributed by atoms with E-state index in [1.54, 1.807) is 60.7 Å². The van der Waals surface area contributed by atoms with E-state index in [9.17, 15) is 18.0 Å². The fourth-order valence-electron chi connectivity index (χ4n) is 2.63. The van der Waals surface area contributed by atoms with Crippen LogP contribution in [0.1, 0.15) is 27.0 Å². The Labute approximate surface area is 149 Å². The van der Waals surface area contributed by atoms with Crippen LogP contribution >= 0.6 is 0 Å². The van der Waals surface area contributed by atoms with Crippen LogP contribution < -0.4 is 0 Å². The van der Waals surface area contributed by atoms with Gasteiger partial charge in [0, 0.05) is 5.56 Å². The summed E-state index contributed by atoms with van der Waals surface area (Å²) in [7, 11) is 0. The van der Waals surface area contributed by atoms with Gasteiger partial charge in [0.2, 0.25) is 0 Å². The predicted octanol–water partition coefficient (Wildman–Crippen LogP) is 6.02. The Hall–Kier alpha value is -3.14. The van der Waals surface area contributed by atoms with Gasteiger partial charge in [0.15, 0.2) is 5.78 Å². The lowest BCUT2D eigenvalue weighted by atomic mass is 9.94. The Morgan fingerprint density at radius 3 is 1.81 bits per heavy atom. The minimum Gasteiger partial charge on any atom is -0.289 e. The molecule has 0 aliphatic carbocycles. The Morgan fingerprint density at radius 2 is 1.23 bits per heavy atom. The van der Waals surface area contributed by atoms with Crippen molar-refractivity contribution >= 4 is 11.4 Å². The summed E-state index contributed by atoms with van der Waals surface area (Å²) >= 11 is 0. The highest BCUT2D eigenvalue weighted by Gasteiger charge is 2.30. The lowest BCUT2D eigenvalue weighted by molar-refractivity contribution is -0.137. The zero-order chi connectivity index (χ0) is 18.6. The van der Waals surface area contributed by atoms with Gasteiger partial charge in [-0.15, -0.1) is 0 Å². The van der Waals surface area contributed by atoms with Crippen molar-refractivity contribution in [1.29, 1.82) is 0 Å². The van der Waals surface area contributed by atoms with Gasteiger partial charge in [0.1, 0.15) is 0 Å². The van der Waals surface area contributed by atoms with Crippen LogP contribution in [0.2, 0.25) is 0 Å². The number of carbonyl (C=O) groups excluding carboxylic acids is 1. The summed E-state index contributed by atoms with van der Waals surface area (Å²) in [4.78, 5) is 12.6. The SMILES string of the molecule is O=C(C=C(c1ccccc1)c1cccc(C(F)(F)F)c1)c1ccccc1. The Bertz CT molecular complexity index is 926. The molecule has 0 unspecified atom stereocenters. The molecule has 0 saturated heterocycles.